The number of morpholine rings is 1. The zero-order valence-corrected chi connectivity index (χ0v) is 15.7. The highest BCUT2D eigenvalue weighted by Crippen LogP contribution is 2.14. The lowest BCUT2D eigenvalue weighted by atomic mass is 10.2. The van der Waals surface area contributed by atoms with Gasteiger partial charge in [0.05, 0.1) is 32.8 Å². The number of anilines is 2. The minimum Gasteiger partial charge on any atom is -0.493 e. The van der Waals surface area contributed by atoms with E-state index in [1.54, 1.807) is 24.3 Å². The summed E-state index contributed by atoms with van der Waals surface area (Å²) in [6, 6.07) is 16.5. The fourth-order valence-corrected chi connectivity index (χ4v) is 2.80. The van der Waals surface area contributed by atoms with E-state index in [2.05, 4.69) is 15.5 Å². The molecule has 0 radical (unpaired) electrons. The number of nitrogens with zero attached hydrogens (tertiary/aromatic N) is 1. The Morgan fingerprint density at radius 3 is 2.14 bits per heavy atom. The normalized spacial score (nSPS) is 14.3. The maximum Gasteiger partial charge on any atom is 0.238 e. The maximum absolute atomic E-state index is 12.1. The largest absolute Gasteiger partial charge is 0.493 e. The number of para-hydroxylation sites is 1. The lowest BCUT2D eigenvalue weighted by Crippen LogP contribution is -2.41. The van der Waals surface area contributed by atoms with Crippen molar-refractivity contribution in [3.05, 3.63) is 54.6 Å². The highest BCUT2D eigenvalue weighted by molar-refractivity contribution is 5.93. The fraction of sp³-hybridized carbons (Fsp3) is 0.333. The van der Waals surface area contributed by atoms with Gasteiger partial charge in [-0.2, -0.15) is 0 Å². The van der Waals surface area contributed by atoms with Crippen molar-refractivity contribution in [1.29, 1.82) is 0 Å². The zero-order chi connectivity index (χ0) is 19.6. The number of carbonyl (C=O) groups excluding carboxylic acids is 2. The lowest BCUT2D eigenvalue weighted by Gasteiger charge is -2.25. The van der Waals surface area contributed by atoms with Gasteiger partial charge in [0.25, 0.3) is 0 Å². The second-order valence-corrected chi connectivity index (χ2v) is 6.47. The second kappa shape index (κ2) is 10.4. The second-order valence-electron chi connectivity index (χ2n) is 6.47. The van der Waals surface area contributed by atoms with Crippen LogP contribution in [0.5, 0.6) is 5.75 Å². The zero-order valence-electron chi connectivity index (χ0n) is 15.7. The van der Waals surface area contributed by atoms with Crippen LogP contribution in [0.2, 0.25) is 0 Å². The minimum absolute atomic E-state index is 0.0586. The maximum atomic E-state index is 12.1. The number of hydrogen-bond acceptors (Lipinski definition) is 5. The van der Waals surface area contributed by atoms with Crippen LogP contribution >= 0.6 is 0 Å². The Labute approximate surface area is 164 Å². The lowest BCUT2D eigenvalue weighted by molar-refractivity contribution is -0.118. The molecule has 7 heteroatoms. The molecular formula is C21H25N3O4. The molecule has 28 heavy (non-hydrogen) atoms. The molecule has 0 atom stereocenters. The summed E-state index contributed by atoms with van der Waals surface area (Å²) in [6.07, 6.45) is 0.257. The molecule has 3 rings (SSSR count). The van der Waals surface area contributed by atoms with Crippen molar-refractivity contribution < 1.29 is 19.1 Å². The van der Waals surface area contributed by atoms with Gasteiger partial charge in [-0.3, -0.25) is 14.5 Å². The van der Waals surface area contributed by atoms with Crippen LogP contribution in [0.15, 0.2) is 54.6 Å². The Kier molecular flexibility index (Phi) is 7.40. The summed E-state index contributed by atoms with van der Waals surface area (Å²) >= 11 is 0. The number of ether oxygens (including phenoxy) is 2. The first-order chi connectivity index (χ1) is 13.7. The molecule has 0 aliphatic carbocycles. The van der Waals surface area contributed by atoms with E-state index in [1.807, 2.05) is 30.3 Å². The van der Waals surface area contributed by atoms with E-state index in [0.717, 1.165) is 18.8 Å². The van der Waals surface area contributed by atoms with Gasteiger partial charge in [0.15, 0.2) is 0 Å². The Hall–Kier alpha value is -2.90. The molecule has 0 bridgehead atoms. The van der Waals surface area contributed by atoms with Crippen LogP contribution in [0.4, 0.5) is 11.4 Å². The molecule has 0 saturated carbocycles. The van der Waals surface area contributed by atoms with Gasteiger partial charge < -0.3 is 20.1 Å². The summed E-state index contributed by atoms with van der Waals surface area (Å²) in [5.74, 6) is 0.559. The van der Waals surface area contributed by atoms with Gasteiger partial charge >= 0.3 is 0 Å². The van der Waals surface area contributed by atoms with Crippen molar-refractivity contribution in [2.45, 2.75) is 6.42 Å². The van der Waals surface area contributed by atoms with Crippen molar-refractivity contribution in [2.75, 3.05) is 50.1 Å². The average Bonchev–Trinajstić information content (AvgIpc) is 2.71. The fourth-order valence-electron chi connectivity index (χ4n) is 2.80. The highest BCUT2D eigenvalue weighted by Gasteiger charge is 2.14. The Bertz CT molecular complexity index is 759. The summed E-state index contributed by atoms with van der Waals surface area (Å²) in [5, 5.41) is 5.69. The molecule has 2 aromatic carbocycles. The summed E-state index contributed by atoms with van der Waals surface area (Å²) in [7, 11) is 0. The van der Waals surface area contributed by atoms with E-state index in [0.29, 0.717) is 37.7 Å². The first kappa shape index (κ1) is 19.9. The first-order valence-electron chi connectivity index (χ1n) is 9.37. The first-order valence-corrected chi connectivity index (χ1v) is 9.37. The number of nitrogens with one attached hydrogen (secondary N) is 2. The van der Waals surface area contributed by atoms with E-state index >= 15 is 0 Å². The van der Waals surface area contributed by atoms with Crippen molar-refractivity contribution in [3.63, 3.8) is 0 Å². The molecule has 1 fully saturated rings. The minimum atomic E-state index is -0.125. The van der Waals surface area contributed by atoms with Crippen LogP contribution in [0.3, 0.4) is 0 Å². The summed E-state index contributed by atoms with van der Waals surface area (Å²) in [5.41, 5.74) is 1.37. The van der Waals surface area contributed by atoms with E-state index in [-0.39, 0.29) is 18.2 Å². The molecule has 2 amide bonds. The number of benzene rings is 2. The third kappa shape index (κ3) is 6.68. The number of carbonyl (C=O) groups is 2. The smallest absolute Gasteiger partial charge is 0.238 e. The van der Waals surface area contributed by atoms with Crippen molar-refractivity contribution in [3.8, 4) is 5.75 Å². The van der Waals surface area contributed by atoms with Crippen LogP contribution in [-0.4, -0.2) is 56.2 Å². The van der Waals surface area contributed by atoms with Gasteiger partial charge in [-0.1, -0.05) is 18.2 Å². The molecule has 1 aliphatic heterocycles. The van der Waals surface area contributed by atoms with E-state index in [1.165, 1.54) is 0 Å². The topological polar surface area (TPSA) is 79.9 Å². The predicted octanol–water partition coefficient (Wildman–Crippen LogP) is 2.36. The summed E-state index contributed by atoms with van der Waals surface area (Å²) in [4.78, 5) is 26.2. The SMILES string of the molecule is O=C(CCOc1ccccc1)Nc1ccc(NC(=O)CN2CCOCC2)cc1. The number of hydrogen-bond donors (Lipinski definition) is 2. The number of amides is 2. The van der Waals surface area contributed by atoms with Gasteiger partial charge in [-0.25, -0.2) is 0 Å². The Balaban J connectivity index is 1.38. The van der Waals surface area contributed by atoms with Crippen LogP contribution in [-0.2, 0) is 14.3 Å². The van der Waals surface area contributed by atoms with E-state index in [9.17, 15) is 9.59 Å². The third-order valence-corrected chi connectivity index (χ3v) is 4.26. The molecule has 1 heterocycles. The van der Waals surface area contributed by atoms with Crippen molar-refractivity contribution in [2.24, 2.45) is 0 Å². The van der Waals surface area contributed by atoms with Crippen LogP contribution in [0.1, 0.15) is 6.42 Å². The van der Waals surface area contributed by atoms with Crippen LogP contribution < -0.4 is 15.4 Å². The molecule has 0 aromatic heterocycles. The van der Waals surface area contributed by atoms with Crippen molar-refractivity contribution in [1.82, 2.24) is 4.90 Å². The molecule has 0 unspecified atom stereocenters. The standard InChI is InChI=1S/C21H25N3O4/c25-20(10-13-28-19-4-2-1-3-5-19)22-17-6-8-18(9-7-17)23-21(26)16-24-11-14-27-15-12-24/h1-9H,10-16H2,(H,22,25)(H,23,26). The quantitative estimate of drug-likeness (QED) is 0.732. The van der Waals surface area contributed by atoms with Gasteiger partial charge in [-0.15, -0.1) is 0 Å². The van der Waals surface area contributed by atoms with Gasteiger partial charge in [0, 0.05) is 24.5 Å². The molecular weight excluding hydrogens is 358 g/mol. The van der Waals surface area contributed by atoms with Crippen LogP contribution in [0, 0.1) is 0 Å². The van der Waals surface area contributed by atoms with Crippen LogP contribution in [0.25, 0.3) is 0 Å². The average molecular weight is 383 g/mol. The predicted molar refractivity (Wildman–Crippen MR) is 108 cm³/mol. The molecule has 1 aliphatic rings. The van der Waals surface area contributed by atoms with Gasteiger partial charge in [0.2, 0.25) is 11.8 Å². The molecule has 7 nitrogen and oxygen atoms in total. The molecule has 1 saturated heterocycles. The third-order valence-electron chi connectivity index (χ3n) is 4.26. The number of rotatable bonds is 8. The highest BCUT2D eigenvalue weighted by atomic mass is 16.5. The van der Waals surface area contributed by atoms with Gasteiger partial charge in [0.1, 0.15) is 5.75 Å². The summed E-state index contributed by atoms with van der Waals surface area (Å²) in [6.45, 7) is 3.53. The monoisotopic (exact) mass is 383 g/mol. The van der Waals surface area contributed by atoms with E-state index < -0.39 is 0 Å². The molecule has 2 aromatic rings. The Morgan fingerprint density at radius 2 is 1.50 bits per heavy atom. The summed E-state index contributed by atoms with van der Waals surface area (Å²) < 4.78 is 10.8. The Morgan fingerprint density at radius 1 is 0.893 bits per heavy atom. The van der Waals surface area contributed by atoms with Gasteiger partial charge in [-0.05, 0) is 36.4 Å². The molecule has 148 valence electrons. The molecule has 0 spiro atoms. The molecule has 2 N–H and O–H groups in total. The van der Waals surface area contributed by atoms with E-state index in [4.69, 9.17) is 9.47 Å². The van der Waals surface area contributed by atoms with Crippen molar-refractivity contribution >= 4 is 23.2 Å².